The van der Waals surface area contributed by atoms with Gasteiger partial charge in [0.05, 0.1) is 12.2 Å². The smallest absolute Gasteiger partial charge is 0.224 e. The molecule has 1 aromatic heterocycles. The largest absolute Gasteiger partial charge is 0.393 e. The predicted octanol–water partition coefficient (Wildman–Crippen LogP) is 1.93. The van der Waals surface area contributed by atoms with Gasteiger partial charge in [0.15, 0.2) is 0 Å². The van der Waals surface area contributed by atoms with Crippen LogP contribution in [0.25, 0.3) is 0 Å². The maximum absolute atomic E-state index is 9.91. The van der Waals surface area contributed by atoms with Crippen LogP contribution in [0.4, 0.5) is 11.8 Å². The lowest BCUT2D eigenvalue weighted by Crippen LogP contribution is -2.24. The normalized spacial score (nSPS) is 30.6. The first kappa shape index (κ1) is 16.5. The van der Waals surface area contributed by atoms with Crippen molar-refractivity contribution in [2.24, 2.45) is 11.8 Å². The van der Waals surface area contributed by atoms with Gasteiger partial charge in [-0.25, -0.2) is 4.98 Å². The Bertz CT molecular complexity index is 525. The van der Waals surface area contributed by atoms with Crippen LogP contribution in [0.1, 0.15) is 44.1 Å². The molecule has 0 radical (unpaired) electrons. The average Bonchev–Trinajstić information content (AvgIpc) is 3.13. The molecule has 0 saturated heterocycles. The Balaban J connectivity index is 1.55. The second kappa shape index (κ2) is 7.45. The van der Waals surface area contributed by atoms with Gasteiger partial charge in [-0.3, -0.25) is 0 Å². The lowest BCUT2D eigenvalue weighted by molar-refractivity contribution is 0.138. The number of anilines is 2. The molecule has 0 aromatic carbocycles. The van der Waals surface area contributed by atoms with Gasteiger partial charge in [-0.05, 0) is 32.6 Å². The quantitative estimate of drug-likeness (QED) is 0.640. The summed E-state index contributed by atoms with van der Waals surface area (Å²) >= 11 is 0. The third-order valence-corrected chi connectivity index (χ3v) is 5.26. The van der Waals surface area contributed by atoms with Gasteiger partial charge in [-0.2, -0.15) is 4.98 Å². The molecule has 23 heavy (non-hydrogen) atoms. The molecule has 0 aliphatic heterocycles. The minimum Gasteiger partial charge on any atom is -0.393 e. The van der Waals surface area contributed by atoms with E-state index in [2.05, 4.69) is 20.6 Å². The van der Waals surface area contributed by atoms with Crippen molar-refractivity contribution in [1.29, 1.82) is 0 Å². The maximum Gasteiger partial charge on any atom is 0.224 e. The fraction of sp³-hybridized carbons (Fsp3) is 0.765. The van der Waals surface area contributed by atoms with E-state index in [-0.39, 0.29) is 12.2 Å². The van der Waals surface area contributed by atoms with Crippen LogP contribution in [0.3, 0.4) is 0 Å². The van der Waals surface area contributed by atoms with Crippen LogP contribution in [0.5, 0.6) is 0 Å². The van der Waals surface area contributed by atoms with Crippen molar-refractivity contribution in [1.82, 2.24) is 9.97 Å². The Morgan fingerprint density at radius 2 is 1.61 bits per heavy atom. The van der Waals surface area contributed by atoms with Crippen molar-refractivity contribution in [3.05, 3.63) is 11.8 Å². The summed E-state index contributed by atoms with van der Waals surface area (Å²) < 4.78 is 0. The van der Waals surface area contributed by atoms with Gasteiger partial charge in [0.1, 0.15) is 5.82 Å². The van der Waals surface area contributed by atoms with Crippen molar-refractivity contribution < 1.29 is 10.2 Å². The van der Waals surface area contributed by atoms with E-state index in [4.69, 9.17) is 0 Å². The van der Waals surface area contributed by atoms with E-state index >= 15 is 0 Å². The van der Waals surface area contributed by atoms with Crippen molar-refractivity contribution in [2.45, 2.75) is 57.7 Å². The van der Waals surface area contributed by atoms with Crippen LogP contribution >= 0.6 is 0 Å². The molecule has 2 saturated carbocycles. The number of nitrogens with one attached hydrogen (secondary N) is 2. The fourth-order valence-electron chi connectivity index (χ4n) is 3.67. The highest BCUT2D eigenvalue weighted by molar-refractivity contribution is 5.46. The highest BCUT2D eigenvalue weighted by atomic mass is 16.3. The van der Waals surface area contributed by atoms with E-state index in [0.29, 0.717) is 24.3 Å². The second-order valence-corrected chi connectivity index (χ2v) is 7.00. The van der Waals surface area contributed by atoms with Crippen LogP contribution in [-0.4, -0.2) is 45.5 Å². The molecule has 0 spiro atoms. The highest BCUT2D eigenvalue weighted by Crippen LogP contribution is 2.27. The molecule has 4 N–H and O–H groups in total. The number of rotatable bonds is 6. The number of nitrogens with zero attached hydrogens (tertiary/aromatic N) is 2. The molecule has 2 aliphatic carbocycles. The summed E-state index contributed by atoms with van der Waals surface area (Å²) in [4.78, 5) is 8.87. The van der Waals surface area contributed by atoms with Gasteiger partial charge in [0.2, 0.25) is 5.95 Å². The monoisotopic (exact) mass is 320 g/mol. The molecule has 1 aromatic rings. The SMILES string of the molecule is Cc1cnc(NCC2CCCC2O)nc1NCC1CCCC1O. The van der Waals surface area contributed by atoms with Crippen LogP contribution in [0.15, 0.2) is 6.20 Å². The van der Waals surface area contributed by atoms with E-state index in [1.807, 2.05) is 13.1 Å². The molecule has 2 fully saturated rings. The summed E-state index contributed by atoms with van der Waals surface area (Å²) in [7, 11) is 0. The van der Waals surface area contributed by atoms with Crippen LogP contribution in [0.2, 0.25) is 0 Å². The molecule has 6 nitrogen and oxygen atoms in total. The van der Waals surface area contributed by atoms with Crippen LogP contribution < -0.4 is 10.6 Å². The minimum absolute atomic E-state index is 0.189. The molecular weight excluding hydrogens is 292 g/mol. The molecule has 2 aliphatic rings. The molecule has 128 valence electrons. The third-order valence-electron chi connectivity index (χ3n) is 5.26. The second-order valence-electron chi connectivity index (χ2n) is 7.00. The lowest BCUT2D eigenvalue weighted by Gasteiger charge is -2.18. The Hall–Kier alpha value is -1.40. The van der Waals surface area contributed by atoms with E-state index in [1.54, 1.807) is 0 Å². The zero-order chi connectivity index (χ0) is 16.2. The number of aryl methyl sites for hydroxylation is 1. The Morgan fingerprint density at radius 1 is 1.00 bits per heavy atom. The van der Waals surface area contributed by atoms with Crippen molar-refractivity contribution in [3.8, 4) is 0 Å². The molecule has 4 atom stereocenters. The van der Waals surface area contributed by atoms with E-state index in [0.717, 1.165) is 56.5 Å². The summed E-state index contributed by atoms with van der Waals surface area (Å²) in [6.07, 6.45) is 7.57. The van der Waals surface area contributed by atoms with E-state index in [1.165, 1.54) is 0 Å². The minimum atomic E-state index is -0.200. The van der Waals surface area contributed by atoms with Crippen molar-refractivity contribution >= 4 is 11.8 Å². The number of aromatic nitrogens is 2. The predicted molar refractivity (Wildman–Crippen MR) is 90.4 cm³/mol. The molecule has 1 heterocycles. The third kappa shape index (κ3) is 4.12. The summed E-state index contributed by atoms with van der Waals surface area (Å²) in [5.74, 6) is 2.04. The first-order chi connectivity index (χ1) is 11.1. The summed E-state index contributed by atoms with van der Waals surface area (Å²) in [5, 5.41) is 26.4. The Labute approximate surface area is 137 Å². The Kier molecular flexibility index (Phi) is 5.33. The van der Waals surface area contributed by atoms with Crippen LogP contribution in [-0.2, 0) is 0 Å². The highest BCUT2D eigenvalue weighted by Gasteiger charge is 2.26. The summed E-state index contributed by atoms with van der Waals surface area (Å²) in [5.41, 5.74) is 1.00. The number of aliphatic hydroxyl groups is 2. The average molecular weight is 320 g/mol. The van der Waals surface area contributed by atoms with Crippen molar-refractivity contribution in [3.63, 3.8) is 0 Å². The maximum atomic E-state index is 9.91. The van der Waals surface area contributed by atoms with Gasteiger partial charge in [-0.15, -0.1) is 0 Å². The molecule has 3 rings (SSSR count). The standard InChI is InChI=1S/C17H28N4O2/c1-11-8-19-17(20-10-13-5-3-7-15(13)23)21-16(11)18-9-12-4-2-6-14(12)22/h8,12-15,22-23H,2-7,9-10H2,1H3,(H2,18,19,20,21). The molecule has 6 heteroatoms. The Morgan fingerprint density at radius 3 is 2.17 bits per heavy atom. The summed E-state index contributed by atoms with van der Waals surface area (Å²) in [6, 6.07) is 0. The first-order valence-electron chi connectivity index (χ1n) is 8.81. The molecule has 0 bridgehead atoms. The number of hydrogen-bond acceptors (Lipinski definition) is 6. The summed E-state index contributed by atoms with van der Waals surface area (Å²) in [6.45, 7) is 3.45. The number of hydrogen-bond donors (Lipinski definition) is 4. The van der Waals surface area contributed by atoms with Gasteiger partial charge in [0, 0.05) is 36.7 Å². The van der Waals surface area contributed by atoms with Gasteiger partial charge < -0.3 is 20.8 Å². The van der Waals surface area contributed by atoms with Gasteiger partial charge in [0.25, 0.3) is 0 Å². The van der Waals surface area contributed by atoms with E-state index < -0.39 is 0 Å². The fourth-order valence-corrected chi connectivity index (χ4v) is 3.67. The first-order valence-corrected chi connectivity index (χ1v) is 8.81. The van der Waals surface area contributed by atoms with Crippen molar-refractivity contribution in [2.75, 3.05) is 23.7 Å². The number of aliphatic hydroxyl groups excluding tert-OH is 2. The van der Waals surface area contributed by atoms with Crippen LogP contribution in [0, 0.1) is 18.8 Å². The lowest BCUT2D eigenvalue weighted by atomic mass is 10.1. The zero-order valence-electron chi connectivity index (χ0n) is 13.8. The molecular formula is C17H28N4O2. The van der Waals surface area contributed by atoms with Gasteiger partial charge >= 0.3 is 0 Å². The molecule has 0 amide bonds. The van der Waals surface area contributed by atoms with E-state index in [9.17, 15) is 10.2 Å². The zero-order valence-corrected chi connectivity index (χ0v) is 13.8. The van der Waals surface area contributed by atoms with Gasteiger partial charge in [-0.1, -0.05) is 12.8 Å². The molecule has 4 unspecified atom stereocenters. The topological polar surface area (TPSA) is 90.3 Å².